The summed E-state index contributed by atoms with van der Waals surface area (Å²) < 4.78 is 0. The lowest BCUT2D eigenvalue weighted by Gasteiger charge is -2.37. The minimum Gasteiger partial charge on any atom is -0.103 e. The summed E-state index contributed by atoms with van der Waals surface area (Å²) in [6, 6.07) is 0. The summed E-state index contributed by atoms with van der Waals surface area (Å²) in [7, 11) is 0. The second kappa shape index (κ2) is 7.16. The minimum absolute atomic E-state index is 0.934. The molecule has 0 aromatic carbocycles. The van der Waals surface area contributed by atoms with Crippen LogP contribution < -0.4 is 0 Å². The Bertz CT molecular complexity index is 221. The lowest BCUT2D eigenvalue weighted by molar-refractivity contribution is 0.245. The average molecular weight is 245 g/mol. The number of hydrogen-bond donors (Lipinski definition) is 0. The van der Waals surface area contributed by atoms with Crippen molar-refractivity contribution in [3.05, 3.63) is 31.2 Å². The highest BCUT2D eigenvalue weighted by molar-refractivity contribution is 5.02. The summed E-state index contributed by atoms with van der Waals surface area (Å²) in [5, 5.41) is 0. The number of allylic oxidation sites excluding steroid dienone is 2. The van der Waals surface area contributed by atoms with Crippen molar-refractivity contribution in [3.8, 4) is 0 Å². The zero-order chi connectivity index (χ0) is 12.8. The molecule has 0 N–H and O–H groups in total. The van der Waals surface area contributed by atoms with Crippen molar-refractivity contribution < 1.29 is 0 Å². The summed E-state index contributed by atoms with van der Waals surface area (Å²) in [6.07, 6.45) is 18.2. The van der Waals surface area contributed by atoms with Gasteiger partial charge in [0.25, 0.3) is 0 Å². The second-order valence-corrected chi connectivity index (χ2v) is 6.37. The normalized spacial score (nSPS) is 31.1. The quantitative estimate of drug-likeness (QED) is 0.544. The topological polar surface area (TPSA) is 0 Å². The Balaban J connectivity index is 1.71. The largest absolute Gasteiger partial charge is 0.103 e. The van der Waals surface area contributed by atoms with Crippen molar-refractivity contribution in [2.75, 3.05) is 0 Å². The van der Waals surface area contributed by atoms with Gasteiger partial charge in [-0.25, -0.2) is 0 Å². The molecule has 0 aromatic rings. The Kier molecular flexibility index (Phi) is 5.53. The van der Waals surface area contributed by atoms with Crippen molar-refractivity contribution >= 4 is 0 Å². The molecule has 0 unspecified atom stereocenters. The monoisotopic (exact) mass is 245 g/mol. The summed E-state index contributed by atoms with van der Waals surface area (Å²) >= 11 is 0. The van der Waals surface area contributed by atoms with Gasteiger partial charge in [0, 0.05) is 0 Å². The highest BCUT2D eigenvalue weighted by Crippen LogP contribution is 2.43. The van der Waals surface area contributed by atoms with E-state index in [1.54, 1.807) is 0 Å². The summed E-state index contributed by atoms with van der Waals surface area (Å²) in [6.45, 7) is 7.75. The van der Waals surface area contributed by atoms with Gasteiger partial charge in [0.15, 0.2) is 0 Å². The maximum Gasteiger partial charge on any atom is -0.0210 e. The molecule has 0 nitrogen and oxygen atoms in total. The van der Waals surface area contributed by atoms with Crippen LogP contribution in [-0.2, 0) is 0 Å². The van der Waals surface area contributed by atoms with Crippen molar-refractivity contribution in [2.24, 2.45) is 17.8 Å². The van der Waals surface area contributed by atoms with Gasteiger partial charge >= 0.3 is 0 Å². The fourth-order valence-electron chi connectivity index (χ4n) is 3.97. The van der Waals surface area contributed by atoms with Gasteiger partial charge in [-0.2, -0.15) is 0 Å². The number of hydrogen-bond acceptors (Lipinski definition) is 0. The molecule has 18 heavy (non-hydrogen) atoms. The molecule has 0 spiro atoms. The molecule has 1 radical (unpaired) electrons. The molecule has 0 saturated heterocycles. The van der Waals surface area contributed by atoms with E-state index in [-0.39, 0.29) is 0 Å². The fourth-order valence-corrected chi connectivity index (χ4v) is 3.97. The zero-order valence-corrected chi connectivity index (χ0v) is 11.9. The van der Waals surface area contributed by atoms with Crippen LogP contribution in [0.15, 0.2) is 25.3 Å². The van der Waals surface area contributed by atoms with E-state index in [1.165, 1.54) is 64.2 Å². The van der Waals surface area contributed by atoms with Crippen LogP contribution in [0.25, 0.3) is 0 Å². The molecule has 101 valence electrons. The molecule has 0 amide bonds. The Hall–Kier alpha value is -0.520. The first-order valence-corrected chi connectivity index (χ1v) is 7.89. The molecule has 0 aromatic heterocycles. The Morgan fingerprint density at radius 3 is 1.78 bits per heavy atom. The van der Waals surface area contributed by atoms with Gasteiger partial charge < -0.3 is 0 Å². The predicted octanol–water partition coefficient (Wildman–Crippen LogP) is 5.71. The Morgan fingerprint density at radius 1 is 0.778 bits per heavy atom. The van der Waals surface area contributed by atoms with Gasteiger partial charge in [0.05, 0.1) is 0 Å². The van der Waals surface area contributed by atoms with Crippen LogP contribution in [-0.4, -0.2) is 0 Å². The van der Waals surface area contributed by atoms with Crippen LogP contribution >= 0.6 is 0 Å². The first kappa shape index (κ1) is 13.9. The zero-order valence-electron chi connectivity index (χ0n) is 11.9. The van der Waals surface area contributed by atoms with E-state index >= 15 is 0 Å². The SMILES string of the molecule is C=CCC1CC[C](C2CCC(CC=C)CC2)CC1. The molecular formula is C18H29. The van der Waals surface area contributed by atoms with Crippen LogP contribution in [0.5, 0.6) is 0 Å². The minimum atomic E-state index is 0.934. The van der Waals surface area contributed by atoms with Crippen molar-refractivity contribution in [1.29, 1.82) is 0 Å². The third kappa shape index (κ3) is 3.73. The van der Waals surface area contributed by atoms with Gasteiger partial charge in [-0.3, -0.25) is 0 Å². The maximum atomic E-state index is 3.88. The van der Waals surface area contributed by atoms with Gasteiger partial charge in [-0.15, -0.1) is 13.2 Å². The third-order valence-electron chi connectivity index (χ3n) is 5.17. The lowest BCUT2D eigenvalue weighted by atomic mass is 9.68. The molecule has 0 aliphatic heterocycles. The molecule has 0 heterocycles. The van der Waals surface area contributed by atoms with Crippen molar-refractivity contribution in [2.45, 2.75) is 64.2 Å². The van der Waals surface area contributed by atoms with Gasteiger partial charge in [-0.1, -0.05) is 12.2 Å². The molecule has 0 heteroatoms. The van der Waals surface area contributed by atoms with E-state index in [4.69, 9.17) is 0 Å². The molecule has 2 fully saturated rings. The van der Waals surface area contributed by atoms with E-state index in [0.717, 1.165) is 17.8 Å². The maximum absolute atomic E-state index is 3.88. The lowest BCUT2D eigenvalue weighted by Crippen LogP contribution is -2.24. The molecule has 2 aliphatic carbocycles. The van der Waals surface area contributed by atoms with Crippen LogP contribution in [0.3, 0.4) is 0 Å². The molecule has 0 bridgehead atoms. The molecule has 2 aliphatic rings. The van der Waals surface area contributed by atoms with Gasteiger partial charge in [0.1, 0.15) is 0 Å². The average Bonchev–Trinajstić information content (AvgIpc) is 2.41. The van der Waals surface area contributed by atoms with E-state index < -0.39 is 0 Å². The smallest absolute Gasteiger partial charge is 0.0210 e. The van der Waals surface area contributed by atoms with Crippen LogP contribution in [0.4, 0.5) is 0 Å². The van der Waals surface area contributed by atoms with E-state index in [0.29, 0.717) is 0 Å². The summed E-state index contributed by atoms with van der Waals surface area (Å²) in [5.74, 6) is 4.75. The first-order valence-electron chi connectivity index (χ1n) is 7.89. The summed E-state index contributed by atoms with van der Waals surface area (Å²) in [5.41, 5.74) is 0. The van der Waals surface area contributed by atoms with Crippen molar-refractivity contribution in [3.63, 3.8) is 0 Å². The standard InChI is InChI=1S/C18H29/c1-3-5-15-7-11-17(12-8-15)18-13-9-16(6-4-2)10-14-18/h3-4,15-17H,1-2,5-14H2. The van der Waals surface area contributed by atoms with E-state index in [2.05, 4.69) is 25.3 Å². The van der Waals surface area contributed by atoms with Gasteiger partial charge in [-0.05, 0) is 87.9 Å². The second-order valence-electron chi connectivity index (χ2n) is 6.37. The van der Waals surface area contributed by atoms with Crippen LogP contribution in [0.1, 0.15) is 64.2 Å². The number of rotatable bonds is 5. The fraction of sp³-hybridized carbons (Fsp3) is 0.722. The Labute approximate surface area is 114 Å². The Morgan fingerprint density at radius 2 is 1.28 bits per heavy atom. The molecule has 0 atom stereocenters. The molecule has 2 saturated carbocycles. The van der Waals surface area contributed by atoms with Gasteiger partial charge in [0.2, 0.25) is 0 Å². The van der Waals surface area contributed by atoms with Crippen LogP contribution in [0.2, 0.25) is 0 Å². The van der Waals surface area contributed by atoms with E-state index in [1.807, 2.05) is 5.92 Å². The van der Waals surface area contributed by atoms with Crippen molar-refractivity contribution in [1.82, 2.24) is 0 Å². The van der Waals surface area contributed by atoms with Crippen LogP contribution in [0, 0.1) is 23.7 Å². The third-order valence-corrected chi connectivity index (χ3v) is 5.17. The molecular weight excluding hydrogens is 216 g/mol. The predicted molar refractivity (Wildman–Crippen MR) is 80.3 cm³/mol. The summed E-state index contributed by atoms with van der Waals surface area (Å²) in [4.78, 5) is 0. The molecule has 2 rings (SSSR count). The highest BCUT2D eigenvalue weighted by Gasteiger charge is 2.30. The first-order chi connectivity index (χ1) is 8.83. The highest BCUT2D eigenvalue weighted by atomic mass is 14.4. The van der Waals surface area contributed by atoms with E-state index in [9.17, 15) is 0 Å².